The molecule has 0 saturated heterocycles. The van der Waals surface area contributed by atoms with E-state index < -0.39 is 14.9 Å². The summed E-state index contributed by atoms with van der Waals surface area (Å²) in [5, 5.41) is -0.441. The molecule has 0 spiro atoms. The van der Waals surface area contributed by atoms with Crippen LogP contribution in [0.3, 0.4) is 0 Å². The summed E-state index contributed by atoms with van der Waals surface area (Å²) in [6.45, 7) is -0.326. The molecule has 0 aliphatic heterocycles. The third kappa shape index (κ3) is 1.88. The van der Waals surface area contributed by atoms with E-state index >= 15 is 0 Å². The molecule has 5 nitrogen and oxygen atoms in total. The van der Waals surface area contributed by atoms with Crippen LogP contribution in [-0.2, 0) is 9.84 Å². The Morgan fingerprint density at radius 1 is 1.36 bits per heavy atom. The van der Waals surface area contributed by atoms with Crippen LogP contribution in [0.25, 0.3) is 5.53 Å². The van der Waals surface area contributed by atoms with Crippen molar-refractivity contribution >= 4 is 14.9 Å². The Morgan fingerprint density at radius 3 is 2.36 bits per heavy atom. The van der Waals surface area contributed by atoms with Crippen LogP contribution in [-0.4, -0.2) is 24.8 Å². The maximum atomic E-state index is 11.6. The van der Waals surface area contributed by atoms with Crippen molar-refractivity contribution < 1.29 is 13.2 Å². The van der Waals surface area contributed by atoms with E-state index in [9.17, 15) is 8.42 Å². The molecule has 14 heavy (non-hydrogen) atoms. The molecule has 1 rings (SSSR count). The fourth-order valence-corrected chi connectivity index (χ4v) is 2.05. The van der Waals surface area contributed by atoms with E-state index in [4.69, 9.17) is 11.3 Å². The summed E-state index contributed by atoms with van der Waals surface area (Å²) < 4.78 is 23.2. The molecule has 0 aliphatic carbocycles. The van der Waals surface area contributed by atoms with Gasteiger partial charge in [0.1, 0.15) is 6.54 Å². The van der Waals surface area contributed by atoms with Gasteiger partial charge in [-0.15, -0.1) is 0 Å². The summed E-state index contributed by atoms with van der Waals surface area (Å²) in [6, 6.07) is 7.68. The molecule has 1 aromatic rings. The molecule has 0 bridgehead atoms. The number of rotatable bonds is 2. The van der Waals surface area contributed by atoms with Gasteiger partial charge in [-0.1, -0.05) is 18.2 Å². The van der Waals surface area contributed by atoms with Crippen LogP contribution in [0.1, 0.15) is 0 Å². The first-order chi connectivity index (χ1) is 6.62. The van der Waals surface area contributed by atoms with Crippen LogP contribution >= 0.6 is 0 Å². The molecule has 2 N–H and O–H groups in total. The van der Waals surface area contributed by atoms with Crippen molar-refractivity contribution in [2.75, 3.05) is 6.54 Å². The topological polar surface area (TPSA) is 96.6 Å². The van der Waals surface area contributed by atoms with Gasteiger partial charge in [0.15, 0.2) is 0 Å². The van der Waals surface area contributed by atoms with Crippen molar-refractivity contribution in [2.45, 2.75) is 4.90 Å². The van der Waals surface area contributed by atoms with Gasteiger partial charge >= 0.3 is 5.04 Å². The Labute approximate surface area is 81.7 Å². The van der Waals surface area contributed by atoms with Gasteiger partial charge in [-0.2, -0.15) is 4.79 Å². The van der Waals surface area contributed by atoms with Gasteiger partial charge < -0.3 is 11.3 Å². The lowest BCUT2D eigenvalue weighted by Crippen LogP contribution is -2.25. The quantitative estimate of drug-likeness (QED) is 0.324. The smallest absolute Gasteiger partial charge is 0.360 e. The van der Waals surface area contributed by atoms with Gasteiger partial charge in [0, 0.05) is 0 Å². The molecular formula is C8H9N3O2S. The zero-order valence-corrected chi connectivity index (χ0v) is 8.11. The number of nitrogens with two attached hydrogens (primary N) is 1. The van der Waals surface area contributed by atoms with Crippen LogP contribution in [0.2, 0.25) is 0 Å². The highest BCUT2D eigenvalue weighted by atomic mass is 32.2. The molecule has 0 heterocycles. The fourth-order valence-electron chi connectivity index (χ4n) is 0.940. The summed E-state index contributed by atoms with van der Waals surface area (Å²) in [5.41, 5.74) is 13.6. The molecule has 1 aromatic carbocycles. The monoisotopic (exact) mass is 211 g/mol. The number of benzene rings is 1. The van der Waals surface area contributed by atoms with Gasteiger partial charge in [0.2, 0.25) is 0 Å². The van der Waals surface area contributed by atoms with E-state index in [0.29, 0.717) is 0 Å². The maximum absolute atomic E-state index is 11.6. The SMILES string of the molecule is [N-]=[N+]=C(CN)S(=O)(=O)c1ccccc1. The lowest BCUT2D eigenvalue weighted by molar-refractivity contribution is -0.00192. The van der Waals surface area contributed by atoms with E-state index in [1.165, 1.54) is 12.1 Å². The highest BCUT2D eigenvalue weighted by Gasteiger charge is 2.28. The van der Waals surface area contributed by atoms with Crippen molar-refractivity contribution in [3.05, 3.63) is 35.9 Å². The van der Waals surface area contributed by atoms with Crippen molar-refractivity contribution in [1.29, 1.82) is 0 Å². The number of sulfone groups is 1. The van der Waals surface area contributed by atoms with Crippen molar-refractivity contribution in [3.8, 4) is 0 Å². The minimum Gasteiger partial charge on any atom is -0.360 e. The predicted octanol–water partition coefficient (Wildman–Crippen LogP) is 0.0473. The Kier molecular flexibility index (Phi) is 3.14. The summed E-state index contributed by atoms with van der Waals surface area (Å²) in [5.74, 6) is 0. The van der Waals surface area contributed by atoms with Gasteiger partial charge in [-0.25, -0.2) is 8.42 Å². The first kappa shape index (κ1) is 10.6. The van der Waals surface area contributed by atoms with Crippen molar-refractivity contribution in [1.82, 2.24) is 0 Å². The van der Waals surface area contributed by atoms with E-state index in [0.717, 1.165) is 0 Å². The molecule has 0 amide bonds. The van der Waals surface area contributed by atoms with Crippen molar-refractivity contribution in [3.63, 3.8) is 0 Å². The van der Waals surface area contributed by atoms with Crippen LogP contribution in [0.4, 0.5) is 0 Å². The number of hydrogen-bond acceptors (Lipinski definition) is 3. The Morgan fingerprint density at radius 2 is 1.93 bits per heavy atom. The normalized spacial score (nSPS) is 10.6. The van der Waals surface area contributed by atoms with Crippen LogP contribution in [0, 0.1) is 0 Å². The number of nitrogens with zero attached hydrogens (tertiary/aromatic N) is 2. The molecule has 0 fully saturated rings. The highest BCUT2D eigenvalue weighted by molar-refractivity contribution is 8.06. The highest BCUT2D eigenvalue weighted by Crippen LogP contribution is 2.09. The molecule has 0 unspecified atom stereocenters. The second kappa shape index (κ2) is 4.15. The maximum Gasteiger partial charge on any atom is 0.399 e. The van der Waals surface area contributed by atoms with E-state index in [1.54, 1.807) is 18.2 Å². The summed E-state index contributed by atoms with van der Waals surface area (Å²) in [7, 11) is -3.73. The average molecular weight is 211 g/mol. The summed E-state index contributed by atoms with van der Waals surface area (Å²) in [6.07, 6.45) is 0. The third-order valence-electron chi connectivity index (χ3n) is 1.65. The Bertz CT molecular complexity index is 461. The molecule has 0 aromatic heterocycles. The van der Waals surface area contributed by atoms with Crippen LogP contribution in [0.15, 0.2) is 35.2 Å². The van der Waals surface area contributed by atoms with E-state index in [2.05, 4.69) is 4.79 Å². The molecule has 0 saturated carbocycles. The second-order valence-electron chi connectivity index (χ2n) is 2.51. The van der Waals surface area contributed by atoms with Gasteiger partial charge in [-0.05, 0) is 12.1 Å². The number of hydrogen-bond donors (Lipinski definition) is 1. The lowest BCUT2D eigenvalue weighted by Gasteiger charge is -1.96. The minimum atomic E-state index is -3.73. The van der Waals surface area contributed by atoms with Crippen LogP contribution < -0.4 is 5.73 Å². The summed E-state index contributed by atoms with van der Waals surface area (Å²) >= 11 is 0. The first-order valence-corrected chi connectivity index (χ1v) is 5.32. The van der Waals surface area contributed by atoms with Gasteiger partial charge in [0.25, 0.3) is 9.84 Å². The predicted molar refractivity (Wildman–Crippen MR) is 51.3 cm³/mol. The van der Waals surface area contributed by atoms with Crippen LogP contribution in [0.5, 0.6) is 0 Å². The lowest BCUT2D eigenvalue weighted by atomic mass is 10.4. The Hall–Kier alpha value is -1.49. The van der Waals surface area contributed by atoms with Crippen molar-refractivity contribution in [2.24, 2.45) is 5.73 Å². The van der Waals surface area contributed by atoms with E-state index in [1.807, 2.05) is 0 Å². The summed E-state index contributed by atoms with van der Waals surface area (Å²) in [4.78, 5) is 2.73. The fraction of sp³-hybridized carbons (Fsp3) is 0.125. The molecule has 74 valence electrons. The van der Waals surface area contributed by atoms with E-state index in [-0.39, 0.29) is 11.4 Å². The molecule has 0 radical (unpaired) electrons. The first-order valence-electron chi connectivity index (χ1n) is 3.84. The van der Waals surface area contributed by atoms with Gasteiger partial charge in [-0.3, -0.25) is 0 Å². The second-order valence-corrected chi connectivity index (χ2v) is 4.46. The largest absolute Gasteiger partial charge is 0.399 e. The minimum absolute atomic E-state index is 0.0678. The zero-order valence-electron chi connectivity index (χ0n) is 7.29. The molecule has 6 heteroatoms. The zero-order chi connectivity index (χ0) is 10.6. The Balaban J connectivity index is 3.30. The molecule has 0 atom stereocenters. The molecule has 0 aliphatic rings. The standard InChI is InChI=1S/C8H9N3O2S/c9-6-8(11-10)14(12,13)7-4-2-1-3-5-7/h1-5H,6,9H2. The molecular weight excluding hydrogens is 202 g/mol. The van der Waals surface area contributed by atoms with Gasteiger partial charge in [0.05, 0.1) is 4.90 Å². The average Bonchev–Trinajstić information content (AvgIpc) is 2.20. The third-order valence-corrected chi connectivity index (χ3v) is 3.41.